The molecule has 0 saturated carbocycles. The number of unbranched alkanes of at least 4 members (excludes halogenated alkanes) is 3. The second kappa shape index (κ2) is 6.90. The first-order valence-corrected chi connectivity index (χ1v) is 7.85. The van der Waals surface area contributed by atoms with E-state index in [4.69, 9.17) is 0 Å². The summed E-state index contributed by atoms with van der Waals surface area (Å²) in [6.45, 7) is 4.09. The number of hydrogen-bond acceptors (Lipinski definition) is 2. The van der Waals surface area contributed by atoms with Gasteiger partial charge in [-0.2, -0.15) is 0 Å². The van der Waals surface area contributed by atoms with Crippen molar-refractivity contribution < 1.29 is 14.0 Å². The van der Waals surface area contributed by atoms with Gasteiger partial charge in [0.1, 0.15) is 11.4 Å². The van der Waals surface area contributed by atoms with Crippen LogP contribution >= 0.6 is 0 Å². The smallest absolute Gasteiger partial charge is 0.323 e. The van der Waals surface area contributed by atoms with Gasteiger partial charge in [0.25, 0.3) is 5.91 Å². The van der Waals surface area contributed by atoms with Gasteiger partial charge in [-0.25, -0.2) is 9.18 Å². The molecular weight excluding hydrogens is 283 g/mol. The molecule has 1 saturated heterocycles. The average molecular weight is 306 g/mol. The summed E-state index contributed by atoms with van der Waals surface area (Å²) in [7, 11) is 0. The van der Waals surface area contributed by atoms with Crippen molar-refractivity contribution in [2.24, 2.45) is 0 Å². The Morgan fingerprint density at radius 3 is 2.45 bits per heavy atom. The van der Waals surface area contributed by atoms with Gasteiger partial charge >= 0.3 is 6.03 Å². The number of amides is 3. The van der Waals surface area contributed by atoms with Gasteiger partial charge in [0.15, 0.2) is 0 Å². The molecule has 0 radical (unpaired) electrons. The Hall–Kier alpha value is -1.91. The molecule has 1 aromatic carbocycles. The predicted octanol–water partition coefficient (Wildman–Crippen LogP) is 3.61. The minimum atomic E-state index is -0.815. The summed E-state index contributed by atoms with van der Waals surface area (Å²) in [4.78, 5) is 25.8. The Kier molecular flexibility index (Phi) is 5.16. The quantitative estimate of drug-likeness (QED) is 0.618. The van der Waals surface area contributed by atoms with Gasteiger partial charge in [-0.1, -0.05) is 44.7 Å². The van der Waals surface area contributed by atoms with Crippen LogP contribution in [0.1, 0.15) is 51.5 Å². The second-order valence-corrected chi connectivity index (χ2v) is 6.09. The highest BCUT2D eigenvalue weighted by Gasteiger charge is 2.46. The van der Waals surface area contributed by atoms with E-state index in [0.29, 0.717) is 6.42 Å². The van der Waals surface area contributed by atoms with Crippen LogP contribution < -0.4 is 5.32 Å². The number of carbonyl (C=O) groups excluding carboxylic acids is 2. The standard InChI is InChI=1S/C17H23FN2O2/c1-3-4-5-6-11-17(2)15(21)20(16(22)19-17)12-13-7-9-14(18)10-8-13/h7-10H,3-6,11-12H2,1-2H3,(H,19,22). The highest BCUT2D eigenvalue weighted by atomic mass is 19.1. The maximum Gasteiger partial charge on any atom is 0.325 e. The van der Waals surface area contributed by atoms with Crippen LogP contribution in [0.3, 0.4) is 0 Å². The minimum absolute atomic E-state index is 0.176. The Balaban J connectivity index is 2.00. The van der Waals surface area contributed by atoms with Crippen LogP contribution in [0.5, 0.6) is 0 Å². The molecular formula is C17H23FN2O2. The van der Waals surface area contributed by atoms with Gasteiger partial charge in [0.2, 0.25) is 0 Å². The van der Waals surface area contributed by atoms with E-state index >= 15 is 0 Å². The third-order valence-corrected chi connectivity index (χ3v) is 4.13. The summed E-state index contributed by atoms with van der Waals surface area (Å²) in [5.41, 5.74) is -0.0784. The van der Waals surface area contributed by atoms with Gasteiger partial charge in [-0.3, -0.25) is 9.69 Å². The van der Waals surface area contributed by atoms with Crippen molar-refractivity contribution >= 4 is 11.9 Å². The molecule has 0 aliphatic carbocycles. The molecule has 1 aromatic rings. The number of benzene rings is 1. The Morgan fingerprint density at radius 1 is 1.14 bits per heavy atom. The van der Waals surface area contributed by atoms with E-state index in [-0.39, 0.29) is 24.3 Å². The monoisotopic (exact) mass is 306 g/mol. The van der Waals surface area contributed by atoms with Crippen LogP contribution in [-0.2, 0) is 11.3 Å². The number of hydrogen-bond donors (Lipinski definition) is 1. The average Bonchev–Trinajstić information content (AvgIpc) is 2.70. The summed E-state index contributed by atoms with van der Waals surface area (Å²) < 4.78 is 12.9. The molecule has 1 N–H and O–H groups in total. The topological polar surface area (TPSA) is 49.4 Å². The van der Waals surface area contributed by atoms with E-state index in [9.17, 15) is 14.0 Å². The third-order valence-electron chi connectivity index (χ3n) is 4.13. The van der Waals surface area contributed by atoms with Gasteiger partial charge in [-0.05, 0) is 31.0 Å². The summed E-state index contributed by atoms with van der Waals surface area (Å²) in [5.74, 6) is -0.528. The summed E-state index contributed by atoms with van der Waals surface area (Å²) in [6, 6.07) is 5.47. The fourth-order valence-electron chi connectivity index (χ4n) is 2.74. The Labute approximate surface area is 130 Å². The van der Waals surface area contributed by atoms with E-state index in [1.807, 2.05) is 0 Å². The van der Waals surface area contributed by atoms with Crippen LogP contribution in [0.2, 0.25) is 0 Å². The van der Waals surface area contributed by atoms with E-state index in [2.05, 4.69) is 12.2 Å². The zero-order valence-corrected chi connectivity index (χ0v) is 13.2. The second-order valence-electron chi connectivity index (χ2n) is 6.09. The van der Waals surface area contributed by atoms with E-state index < -0.39 is 5.54 Å². The number of nitrogens with one attached hydrogen (secondary N) is 1. The summed E-state index contributed by atoms with van der Waals surface area (Å²) >= 11 is 0. The number of imide groups is 1. The fourth-order valence-corrected chi connectivity index (χ4v) is 2.74. The van der Waals surface area contributed by atoms with Crippen LogP contribution in [0.4, 0.5) is 9.18 Å². The van der Waals surface area contributed by atoms with Crippen molar-refractivity contribution in [2.75, 3.05) is 0 Å². The number of halogens is 1. The highest BCUT2D eigenvalue weighted by Crippen LogP contribution is 2.25. The summed E-state index contributed by atoms with van der Waals surface area (Å²) in [6.07, 6.45) is 4.90. The molecule has 4 nitrogen and oxygen atoms in total. The maximum atomic E-state index is 12.9. The molecule has 1 aliphatic rings. The molecule has 5 heteroatoms. The Morgan fingerprint density at radius 2 is 1.82 bits per heavy atom. The van der Waals surface area contributed by atoms with E-state index in [1.165, 1.54) is 17.0 Å². The van der Waals surface area contributed by atoms with Crippen molar-refractivity contribution in [1.29, 1.82) is 0 Å². The first-order chi connectivity index (χ1) is 10.5. The van der Waals surface area contributed by atoms with Gasteiger partial charge in [0.05, 0.1) is 6.54 Å². The summed E-state index contributed by atoms with van der Waals surface area (Å²) in [5, 5.41) is 2.80. The normalized spacial score (nSPS) is 21.3. The molecule has 3 amide bonds. The molecule has 2 rings (SSSR count). The molecule has 1 unspecified atom stereocenters. The Bertz CT molecular complexity index is 544. The molecule has 1 atom stereocenters. The van der Waals surface area contributed by atoms with Gasteiger partial charge < -0.3 is 5.32 Å². The van der Waals surface area contributed by atoms with Crippen LogP contribution in [-0.4, -0.2) is 22.4 Å². The number of urea groups is 1. The fraction of sp³-hybridized carbons (Fsp3) is 0.529. The number of rotatable bonds is 7. The lowest BCUT2D eigenvalue weighted by Crippen LogP contribution is -2.43. The maximum absolute atomic E-state index is 12.9. The SMILES string of the molecule is CCCCCCC1(C)NC(=O)N(Cc2ccc(F)cc2)C1=O. The highest BCUT2D eigenvalue weighted by molar-refractivity contribution is 6.06. The van der Waals surface area contributed by atoms with Gasteiger partial charge in [-0.15, -0.1) is 0 Å². The van der Waals surface area contributed by atoms with E-state index in [1.54, 1.807) is 19.1 Å². The lowest BCUT2D eigenvalue weighted by atomic mass is 9.94. The molecule has 1 heterocycles. The first-order valence-electron chi connectivity index (χ1n) is 7.85. The van der Waals surface area contributed by atoms with Crippen LogP contribution in [0.15, 0.2) is 24.3 Å². The van der Waals surface area contributed by atoms with Crippen molar-refractivity contribution in [1.82, 2.24) is 10.2 Å². The third kappa shape index (κ3) is 3.64. The lowest BCUT2D eigenvalue weighted by Gasteiger charge is -2.21. The molecule has 0 bridgehead atoms. The molecule has 120 valence electrons. The van der Waals surface area contributed by atoms with E-state index in [0.717, 1.165) is 31.2 Å². The van der Waals surface area contributed by atoms with Crippen molar-refractivity contribution in [3.63, 3.8) is 0 Å². The predicted molar refractivity (Wildman–Crippen MR) is 82.6 cm³/mol. The zero-order valence-electron chi connectivity index (χ0n) is 13.2. The van der Waals surface area contributed by atoms with Gasteiger partial charge in [0, 0.05) is 0 Å². The van der Waals surface area contributed by atoms with Crippen molar-refractivity contribution in [3.8, 4) is 0 Å². The minimum Gasteiger partial charge on any atom is -0.323 e. The molecule has 0 aromatic heterocycles. The molecule has 1 fully saturated rings. The molecule has 0 spiro atoms. The van der Waals surface area contributed by atoms with Crippen molar-refractivity contribution in [3.05, 3.63) is 35.6 Å². The van der Waals surface area contributed by atoms with Crippen LogP contribution in [0.25, 0.3) is 0 Å². The number of carbonyl (C=O) groups is 2. The zero-order chi connectivity index (χ0) is 16.2. The molecule has 1 aliphatic heterocycles. The lowest BCUT2D eigenvalue weighted by molar-refractivity contribution is -0.131. The number of nitrogens with zero attached hydrogens (tertiary/aromatic N) is 1. The first kappa shape index (κ1) is 16.5. The van der Waals surface area contributed by atoms with Crippen LogP contribution in [0, 0.1) is 5.82 Å². The molecule has 22 heavy (non-hydrogen) atoms. The largest absolute Gasteiger partial charge is 0.325 e. The van der Waals surface area contributed by atoms with Crippen molar-refractivity contribution in [2.45, 2.75) is 58.0 Å².